The van der Waals surface area contributed by atoms with Crippen LogP contribution in [0.15, 0.2) is 49.1 Å². The lowest BCUT2D eigenvalue weighted by Gasteiger charge is -2.20. The van der Waals surface area contributed by atoms with Crippen LogP contribution in [0.5, 0.6) is 0 Å². The smallest absolute Gasteiger partial charge is 0.194 e. The highest BCUT2D eigenvalue weighted by Crippen LogP contribution is 2.32. The first-order valence-corrected chi connectivity index (χ1v) is 6.36. The van der Waals surface area contributed by atoms with Crippen molar-refractivity contribution in [1.29, 1.82) is 0 Å². The lowest BCUT2D eigenvalue weighted by atomic mass is 9.81. The third-order valence-corrected chi connectivity index (χ3v) is 3.59. The van der Waals surface area contributed by atoms with Gasteiger partial charge < -0.3 is 5.73 Å². The topological polar surface area (TPSA) is 60.2 Å². The standard InChI is InChI=1S/C17H13NO2/c1-2-5-12-14(18)9-8-13-15(12)17(20)11-7-4-3-6-10(11)16(13)19/h2-4,6-9H,1,5,18H2. The van der Waals surface area contributed by atoms with Crippen LogP contribution in [0.2, 0.25) is 0 Å². The summed E-state index contributed by atoms with van der Waals surface area (Å²) in [4.78, 5) is 25.2. The minimum absolute atomic E-state index is 0.125. The largest absolute Gasteiger partial charge is 0.398 e. The average Bonchev–Trinajstić information content (AvgIpc) is 2.47. The highest BCUT2D eigenvalue weighted by atomic mass is 16.1. The molecule has 0 spiro atoms. The van der Waals surface area contributed by atoms with Crippen molar-refractivity contribution in [3.05, 3.63) is 76.9 Å². The number of carbonyl (C=O) groups is 2. The van der Waals surface area contributed by atoms with Crippen LogP contribution in [0, 0.1) is 0 Å². The first kappa shape index (κ1) is 12.4. The first-order chi connectivity index (χ1) is 9.65. The molecule has 0 heterocycles. The summed E-state index contributed by atoms with van der Waals surface area (Å²) in [5.74, 6) is -0.264. The highest BCUT2D eigenvalue weighted by molar-refractivity contribution is 6.29. The van der Waals surface area contributed by atoms with E-state index in [0.29, 0.717) is 39.9 Å². The molecule has 3 rings (SSSR count). The molecule has 0 saturated carbocycles. The molecule has 0 saturated heterocycles. The molecule has 0 unspecified atom stereocenters. The minimum atomic E-state index is -0.139. The second kappa shape index (κ2) is 4.46. The molecule has 0 fully saturated rings. The number of benzene rings is 2. The Bertz CT molecular complexity index is 760. The molecule has 0 bridgehead atoms. The van der Waals surface area contributed by atoms with Gasteiger partial charge in [-0.2, -0.15) is 0 Å². The van der Waals surface area contributed by atoms with Gasteiger partial charge in [0.15, 0.2) is 11.6 Å². The zero-order chi connectivity index (χ0) is 14.3. The van der Waals surface area contributed by atoms with Crippen LogP contribution in [0.25, 0.3) is 0 Å². The molecule has 98 valence electrons. The highest BCUT2D eigenvalue weighted by Gasteiger charge is 2.31. The molecule has 0 aliphatic heterocycles. The second-order valence-electron chi connectivity index (χ2n) is 4.75. The number of hydrogen-bond donors (Lipinski definition) is 1. The van der Waals surface area contributed by atoms with Crippen molar-refractivity contribution >= 4 is 17.3 Å². The molecular weight excluding hydrogens is 250 g/mol. The number of carbonyl (C=O) groups excluding carboxylic acids is 2. The SMILES string of the molecule is C=CCc1c(N)ccc2c1C(=O)c1ccccc1C2=O. The summed E-state index contributed by atoms with van der Waals surface area (Å²) in [6.07, 6.45) is 2.15. The number of hydrogen-bond acceptors (Lipinski definition) is 3. The van der Waals surface area contributed by atoms with E-state index in [1.54, 1.807) is 42.5 Å². The van der Waals surface area contributed by atoms with Crippen molar-refractivity contribution in [3.8, 4) is 0 Å². The Morgan fingerprint density at radius 2 is 1.60 bits per heavy atom. The molecule has 1 aliphatic rings. The summed E-state index contributed by atoms with van der Waals surface area (Å²) >= 11 is 0. The van der Waals surface area contributed by atoms with Crippen molar-refractivity contribution in [1.82, 2.24) is 0 Å². The molecule has 20 heavy (non-hydrogen) atoms. The van der Waals surface area contributed by atoms with Gasteiger partial charge in [0.1, 0.15) is 0 Å². The molecule has 0 radical (unpaired) electrons. The third kappa shape index (κ3) is 1.60. The van der Waals surface area contributed by atoms with Crippen molar-refractivity contribution < 1.29 is 9.59 Å². The fourth-order valence-electron chi connectivity index (χ4n) is 2.64. The molecule has 2 aromatic rings. The van der Waals surface area contributed by atoms with Gasteiger partial charge in [0, 0.05) is 27.9 Å². The van der Waals surface area contributed by atoms with Crippen LogP contribution in [-0.4, -0.2) is 11.6 Å². The predicted octanol–water partition coefficient (Wildman–Crippen LogP) is 2.77. The van der Waals surface area contributed by atoms with Gasteiger partial charge in [0.2, 0.25) is 0 Å². The first-order valence-electron chi connectivity index (χ1n) is 6.36. The van der Waals surface area contributed by atoms with Crippen molar-refractivity contribution in [2.75, 3.05) is 5.73 Å². The number of fused-ring (bicyclic) bond motifs is 2. The van der Waals surface area contributed by atoms with E-state index in [-0.39, 0.29) is 11.6 Å². The zero-order valence-corrected chi connectivity index (χ0v) is 10.8. The summed E-state index contributed by atoms with van der Waals surface area (Å²) in [5.41, 5.74) is 8.91. The van der Waals surface area contributed by atoms with Crippen molar-refractivity contribution in [3.63, 3.8) is 0 Å². The molecule has 3 heteroatoms. The van der Waals surface area contributed by atoms with Crippen LogP contribution in [0.4, 0.5) is 5.69 Å². The summed E-state index contributed by atoms with van der Waals surface area (Å²) in [6.45, 7) is 3.68. The van der Waals surface area contributed by atoms with E-state index >= 15 is 0 Å². The molecule has 3 nitrogen and oxygen atoms in total. The van der Waals surface area contributed by atoms with Crippen molar-refractivity contribution in [2.45, 2.75) is 6.42 Å². The van der Waals surface area contributed by atoms with Crippen LogP contribution in [0.1, 0.15) is 37.4 Å². The van der Waals surface area contributed by atoms with Gasteiger partial charge in [-0.3, -0.25) is 9.59 Å². The van der Waals surface area contributed by atoms with Gasteiger partial charge in [-0.15, -0.1) is 6.58 Å². The van der Waals surface area contributed by atoms with Crippen LogP contribution >= 0.6 is 0 Å². The van der Waals surface area contributed by atoms with E-state index in [9.17, 15) is 9.59 Å². The Labute approximate surface area is 116 Å². The lowest BCUT2D eigenvalue weighted by molar-refractivity contribution is 0.0978. The Kier molecular flexibility index (Phi) is 2.75. The predicted molar refractivity (Wildman–Crippen MR) is 78.1 cm³/mol. The molecule has 1 aliphatic carbocycles. The fourth-order valence-corrected chi connectivity index (χ4v) is 2.64. The van der Waals surface area contributed by atoms with E-state index in [1.165, 1.54) is 0 Å². The number of nitrogen functional groups attached to an aromatic ring is 1. The van der Waals surface area contributed by atoms with E-state index in [4.69, 9.17) is 5.73 Å². The number of anilines is 1. The van der Waals surface area contributed by atoms with Crippen LogP contribution < -0.4 is 5.73 Å². The summed E-state index contributed by atoms with van der Waals surface area (Å²) < 4.78 is 0. The maximum Gasteiger partial charge on any atom is 0.194 e. The van der Waals surface area contributed by atoms with Gasteiger partial charge in [-0.05, 0) is 24.1 Å². The Balaban J connectivity index is 2.33. The zero-order valence-electron chi connectivity index (χ0n) is 10.8. The monoisotopic (exact) mass is 263 g/mol. The fraction of sp³-hybridized carbons (Fsp3) is 0.0588. The second-order valence-corrected chi connectivity index (χ2v) is 4.75. The van der Waals surface area contributed by atoms with Crippen LogP contribution in [0.3, 0.4) is 0 Å². The molecule has 2 aromatic carbocycles. The van der Waals surface area contributed by atoms with E-state index < -0.39 is 0 Å². The van der Waals surface area contributed by atoms with Gasteiger partial charge in [-0.1, -0.05) is 30.3 Å². The number of rotatable bonds is 2. The van der Waals surface area contributed by atoms with Gasteiger partial charge >= 0.3 is 0 Å². The Hall–Kier alpha value is -2.68. The van der Waals surface area contributed by atoms with Gasteiger partial charge in [-0.25, -0.2) is 0 Å². The molecule has 0 aromatic heterocycles. The summed E-state index contributed by atoms with van der Waals surface area (Å²) in [7, 11) is 0. The maximum absolute atomic E-state index is 12.7. The molecular formula is C17H13NO2. The van der Waals surface area contributed by atoms with E-state index in [0.717, 1.165) is 0 Å². The number of ketones is 2. The Morgan fingerprint density at radius 1 is 0.950 bits per heavy atom. The lowest BCUT2D eigenvalue weighted by Crippen LogP contribution is -2.23. The van der Waals surface area contributed by atoms with Crippen LogP contribution in [-0.2, 0) is 6.42 Å². The Morgan fingerprint density at radius 3 is 2.25 bits per heavy atom. The van der Waals surface area contributed by atoms with E-state index in [1.807, 2.05) is 0 Å². The van der Waals surface area contributed by atoms with Gasteiger partial charge in [0.05, 0.1) is 0 Å². The third-order valence-electron chi connectivity index (χ3n) is 3.59. The van der Waals surface area contributed by atoms with Gasteiger partial charge in [0.25, 0.3) is 0 Å². The maximum atomic E-state index is 12.7. The number of nitrogens with two attached hydrogens (primary N) is 1. The summed E-state index contributed by atoms with van der Waals surface area (Å²) in [6, 6.07) is 10.2. The quantitative estimate of drug-likeness (QED) is 0.571. The van der Waals surface area contributed by atoms with Crippen molar-refractivity contribution in [2.24, 2.45) is 0 Å². The molecule has 0 amide bonds. The number of allylic oxidation sites excluding steroid dienone is 1. The van der Waals surface area contributed by atoms with E-state index in [2.05, 4.69) is 6.58 Å². The summed E-state index contributed by atoms with van der Waals surface area (Å²) in [5, 5.41) is 0. The molecule has 2 N–H and O–H groups in total. The average molecular weight is 263 g/mol. The minimum Gasteiger partial charge on any atom is -0.398 e. The molecule has 0 atom stereocenters. The normalized spacial score (nSPS) is 12.8.